The quantitative estimate of drug-likeness (QED) is 0.592. The van der Waals surface area contributed by atoms with Crippen molar-refractivity contribution in [3.8, 4) is 0 Å². The summed E-state index contributed by atoms with van der Waals surface area (Å²) in [4.78, 5) is 16.7. The Morgan fingerprint density at radius 1 is 1.19 bits per heavy atom. The van der Waals surface area contributed by atoms with Crippen LogP contribution in [0.5, 0.6) is 0 Å². The molecule has 4 rings (SSSR count). The minimum atomic E-state index is -0.270. The molecular weight excluding hydrogens is 332 g/mol. The fraction of sp³-hybridized carbons (Fsp3) is 0.235. The standard InChI is InChI=1S/C17H18N8O/c1-3-24-12(2)13(7-20-24)10-23-11-14(8-19-23)22-17(26)15-9-21-25-6-4-5-18-16(15)25/h4-9,11H,3,10H2,1-2H3,(H,22,26). The van der Waals surface area contributed by atoms with E-state index in [1.165, 1.54) is 6.20 Å². The van der Waals surface area contributed by atoms with E-state index in [9.17, 15) is 4.79 Å². The van der Waals surface area contributed by atoms with Crippen LogP contribution in [0.1, 0.15) is 28.5 Å². The molecule has 4 aromatic rings. The maximum absolute atomic E-state index is 12.5. The number of amides is 1. The molecule has 0 fully saturated rings. The number of rotatable bonds is 5. The fourth-order valence-corrected chi connectivity index (χ4v) is 2.83. The molecular formula is C17H18N8O. The van der Waals surface area contributed by atoms with E-state index >= 15 is 0 Å². The first-order valence-electron chi connectivity index (χ1n) is 8.29. The van der Waals surface area contributed by atoms with E-state index in [1.54, 1.807) is 40.1 Å². The number of hydrogen-bond acceptors (Lipinski definition) is 5. The van der Waals surface area contributed by atoms with E-state index in [-0.39, 0.29) is 5.91 Å². The molecule has 4 heterocycles. The van der Waals surface area contributed by atoms with Crippen molar-refractivity contribution in [3.05, 3.63) is 60.1 Å². The van der Waals surface area contributed by atoms with Crippen LogP contribution in [0.15, 0.2) is 43.2 Å². The fourth-order valence-electron chi connectivity index (χ4n) is 2.83. The van der Waals surface area contributed by atoms with Crippen molar-refractivity contribution in [2.24, 2.45) is 0 Å². The Kier molecular flexibility index (Phi) is 3.96. The van der Waals surface area contributed by atoms with Gasteiger partial charge in [-0.05, 0) is 19.9 Å². The molecule has 0 saturated heterocycles. The second-order valence-electron chi connectivity index (χ2n) is 5.90. The SMILES string of the molecule is CCn1ncc(Cn2cc(NC(=O)c3cnn4cccnc34)cn2)c1C. The smallest absolute Gasteiger partial charge is 0.261 e. The van der Waals surface area contributed by atoms with E-state index in [1.807, 2.05) is 17.8 Å². The van der Waals surface area contributed by atoms with Gasteiger partial charge in [0.25, 0.3) is 5.91 Å². The Labute approximate surface area is 149 Å². The van der Waals surface area contributed by atoms with E-state index in [4.69, 9.17) is 0 Å². The van der Waals surface area contributed by atoms with Crippen molar-refractivity contribution in [1.29, 1.82) is 0 Å². The number of anilines is 1. The third-order valence-electron chi connectivity index (χ3n) is 4.25. The Hall–Kier alpha value is -3.49. The predicted molar refractivity (Wildman–Crippen MR) is 94.9 cm³/mol. The zero-order chi connectivity index (χ0) is 18.1. The van der Waals surface area contributed by atoms with Crippen molar-refractivity contribution in [1.82, 2.24) is 34.2 Å². The third-order valence-corrected chi connectivity index (χ3v) is 4.25. The van der Waals surface area contributed by atoms with Gasteiger partial charge in [-0.1, -0.05) is 0 Å². The molecule has 4 aromatic heterocycles. The van der Waals surface area contributed by atoms with Gasteiger partial charge in [0.15, 0.2) is 5.65 Å². The summed E-state index contributed by atoms with van der Waals surface area (Å²) in [6, 6.07) is 1.76. The van der Waals surface area contributed by atoms with Crippen LogP contribution in [-0.2, 0) is 13.1 Å². The van der Waals surface area contributed by atoms with Crippen LogP contribution < -0.4 is 5.32 Å². The molecule has 1 N–H and O–H groups in total. The van der Waals surface area contributed by atoms with Crippen LogP contribution in [0, 0.1) is 6.92 Å². The van der Waals surface area contributed by atoms with Crippen LogP contribution in [0.4, 0.5) is 5.69 Å². The summed E-state index contributed by atoms with van der Waals surface area (Å²) >= 11 is 0. The topological polar surface area (TPSA) is 94.9 Å². The van der Waals surface area contributed by atoms with Crippen LogP contribution in [-0.4, -0.2) is 40.1 Å². The molecule has 0 radical (unpaired) electrons. The average Bonchev–Trinajstić information content (AvgIpc) is 3.35. The van der Waals surface area contributed by atoms with Gasteiger partial charge in [-0.15, -0.1) is 0 Å². The lowest BCUT2D eigenvalue weighted by Gasteiger charge is -2.03. The molecule has 0 bridgehead atoms. The highest BCUT2D eigenvalue weighted by atomic mass is 16.1. The average molecular weight is 350 g/mol. The van der Waals surface area contributed by atoms with Crippen molar-refractivity contribution >= 4 is 17.2 Å². The molecule has 0 aliphatic rings. The second kappa shape index (κ2) is 6.43. The minimum absolute atomic E-state index is 0.270. The van der Waals surface area contributed by atoms with Crippen molar-refractivity contribution in [2.45, 2.75) is 26.9 Å². The van der Waals surface area contributed by atoms with Gasteiger partial charge < -0.3 is 5.32 Å². The van der Waals surface area contributed by atoms with Crippen LogP contribution >= 0.6 is 0 Å². The molecule has 0 aliphatic heterocycles. The lowest BCUT2D eigenvalue weighted by atomic mass is 10.2. The molecule has 26 heavy (non-hydrogen) atoms. The summed E-state index contributed by atoms with van der Waals surface area (Å²) in [6.07, 6.45) is 10.1. The normalized spacial score (nSPS) is 11.2. The second-order valence-corrected chi connectivity index (χ2v) is 5.90. The largest absolute Gasteiger partial charge is 0.319 e. The Bertz CT molecular complexity index is 1070. The van der Waals surface area contributed by atoms with Gasteiger partial charge in [-0.3, -0.25) is 14.2 Å². The molecule has 0 aromatic carbocycles. The van der Waals surface area contributed by atoms with E-state index < -0.39 is 0 Å². The molecule has 0 unspecified atom stereocenters. The molecule has 0 spiro atoms. The van der Waals surface area contributed by atoms with Crippen molar-refractivity contribution in [3.63, 3.8) is 0 Å². The molecule has 1 amide bonds. The van der Waals surface area contributed by atoms with E-state index in [0.29, 0.717) is 23.4 Å². The number of nitrogens with zero attached hydrogens (tertiary/aromatic N) is 7. The lowest BCUT2D eigenvalue weighted by Crippen LogP contribution is -2.11. The minimum Gasteiger partial charge on any atom is -0.319 e. The van der Waals surface area contributed by atoms with Gasteiger partial charge in [0.2, 0.25) is 0 Å². The number of fused-ring (bicyclic) bond motifs is 1. The number of aromatic nitrogens is 7. The molecule has 0 atom stereocenters. The monoisotopic (exact) mass is 350 g/mol. The first-order valence-corrected chi connectivity index (χ1v) is 8.29. The molecule has 0 saturated carbocycles. The van der Waals surface area contributed by atoms with Crippen molar-refractivity contribution in [2.75, 3.05) is 5.32 Å². The maximum Gasteiger partial charge on any atom is 0.261 e. The predicted octanol–water partition coefficient (Wildman–Crippen LogP) is 1.75. The van der Waals surface area contributed by atoms with E-state index in [0.717, 1.165) is 17.8 Å². The zero-order valence-electron chi connectivity index (χ0n) is 14.5. The molecule has 132 valence electrons. The molecule has 0 aliphatic carbocycles. The summed E-state index contributed by atoms with van der Waals surface area (Å²) in [5.41, 5.74) is 3.76. The van der Waals surface area contributed by atoms with Gasteiger partial charge in [0.05, 0.1) is 30.8 Å². The molecule has 9 nitrogen and oxygen atoms in total. The Balaban J connectivity index is 1.49. The Morgan fingerprint density at radius 3 is 2.88 bits per heavy atom. The first kappa shape index (κ1) is 16.0. The van der Waals surface area contributed by atoms with E-state index in [2.05, 4.69) is 32.5 Å². The van der Waals surface area contributed by atoms with Crippen LogP contribution in [0.2, 0.25) is 0 Å². The van der Waals surface area contributed by atoms with Crippen LogP contribution in [0.3, 0.4) is 0 Å². The molecule has 9 heteroatoms. The van der Waals surface area contributed by atoms with Crippen molar-refractivity contribution < 1.29 is 4.79 Å². The van der Waals surface area contributed by atoms with Gasteiger partial charge >= 0.3 is 0 Å². The Morgan fingerprint density at radius 2 is 2.08 bits per heavy atom. The first-order chi connectivity index (χ1) is 12.7. The highest BCUT2D eigenvalue weighted by Gasteiger charge is 2.15. The summed E-state index contributed by atoms with van der Waals surface area (Å²) in [6.45, 7) is 5.52. The highest BCUT2D eigenvalue weighted by molar-refractivity contribution is 6.07. The van der Waals surface area contributed by atoms with Crippen LogP contribution in [0.25, 0.3) is 5.65 Å². The number of nitrogens with one attached hydrogen (secondary N) is 1. The van der Waals surface area contributed by atoms with Gasteiger partial charge in [-0.25, -0.2) is 9.50 Å². The zero-order valence-corrected chi connectivity index (χ0v) is 14.5. The number of aryl methyl sites for hydroxylation is 1. The number of hydrogen-bond donors (Lipinski definition) is 1. The lowest BCUT2D eigenvalue weighted by molar-refractivity contribution is 0.102. The van der Waals surface area contributed by atoms with Gasteiger partial charge in [-0.2, -0.15) is 15.3 Å². The summed E-state index contributed by atoms with van der Waals surface area (Å²) in [5, 5.41) is 15.6. The summed E-state index contributed by atoms with van der Waals surface area (Å²) in [5.74, 6) is -0.270. The third kappa shape index (κ3) is 2.83. The van der Waals surface area contributed by atoms with Gasteiger partial charge in [0.1, 0.15) is 5.56 Å². The number of carbonyl (C=O) groups is 1. The summed E-state index contributed by atoms with van der Waals surface area (Å²) < 4.78 is 5.28. The summed E-state index contributed by atoms with van der Waals surface area (Å²) in [7, 11) is 0. The maximum atomic E-state index is 12.5. The number of carbonyl (C=O) groups excluding carboxylic acids is 1. The van der Waals surface area contributed by atoms with Gasteiger partial charge in [0, 0.05) is 36.4 Å². The highest BCUT2D eigenvalue weighted by Crippen LogP contribution is 2.14.